The zero-order chi connectivity index (χ0) is 25.1. The number of rotatable bonds is 1. The molecule has 190 valence electrons. The van der Waals surface area contributed by atoms with Crippen LogP contribution >= 0.6 is 0 Å². The van der Waals surface area contributed by atoms with Crippen LogP contribution in [-0.4, -0.2) is 28.1 Å². The summed E-state index contributed by atoms with van der Waals surface area (Å²) >= 11 is 0. The molecule has 0 heterocycles. The number of aliphatic carboxylic acids is 1. The fraction of sp³-hybridized carbons (Fsp3) is 0.867. The van der Waals surface area contributed by atoms with Crippen LogP contribution < -0.4 is 0 Å². The summed E-state index contributed by atoms with van der Waals surface area (Å²) in [5.74, 6) is 0.0603. The molecular weight excluding hydrogens is 424 g/mol. The van der Waals surface area contributed by atoms with Gasteiger partial charge >= 0.3 is 5.97 Å². The van der Waals surface area contributed by atoms with Crippen molar-refractivity contribution in [2.45, 2.75) is 112 Å². The van der Waals surface area contributed by atoms with Crippen molar-refractivity contribution < 1.29 is 19.8 Å². The third-order valence-electron chi connectivity index (χ3n) is 13.1. The van der Waals surface area contributed by atoms with Crippen molar-refractivity contribution in [3.8, 4) is 0 Å². The second kappa shape index (κ2) is 6.99. The van der Waals surface area contributed by atoms with Crippen LogP contribution in [0.2, 0.25) is 0 Å². The molecule has 4 saturated carbocycles. The Balaban J connectivity index is 1.62. The van der Waals surface area contributed by atoms with E-state index in [1.54, 1.807) is 0 Å². The van der Waals surface area contributed by atoms with Crippen LogP contribution in [0.5, 0.6) is 0 Å². The molecule has 4 nitrogen and oxygen atoms in total. The predicted molar refractivity (Wildman–Crippen MR) is 133 cm³/mol. The average Bonchev–Trinajstić information content (AvgIpc) is 2.73. The van der Waals surface area contributed by atoms with E-state index >= 15 is 0 Å². The van der Waals surface area contributed by atoms with Gasteiger partial charge in [-0.15, -0.1) is 0 Å². The van der Waals surface area contributed by atoms with Crippen molar-refractivity contribution in [3.05, 3.63) is 11.6 Å². The Hall–Kier alpha value is -1.16. The normalized spacial score (nSPS) is 54.1. The van der Waals surface area contributed by atoms with Crippen molar-refractivity contribution in [2.24, 2.45) is 50.2 Å². The first kappa shape index (κ1) is 24.5. The first-order chi connectivity index (χ1) is 15.6. The third-order valence-corrected chi connectivity index (χ3v) is 13.1. The number of carboxylic acid groups (broad SMARTS) is 1. The molecule has 0 saturated heterocycles. The lowest BCUT2D eigenvalue weighted by Gasteiger charge is -2.70. The smallest absolute Gasteiger partial charge is 0.309 e. The molecule has 5 aliphatic rings. The zero-order valence-electron chi connectivity index (χ0n) is 22.5. The Kier molecular flexibility index (Phi) is 5.04. The van der Waals surface area contributed by atoms with Crippen molar-refractivity contribution >= 4 is 11.8 Å². The predicted octanol–water partition coefficient (Wildman–Crippen LogP) is 6.41. The van der Waals surface area contributed by atoms with E-state index in [4.69, 9.17) is 0 Å². The third kappa shape index (κ3) is 2.81. The molecule has 0 aromatic rings. The topological polar surface area (TPSA) is 74.6 Å². The van der Waals surface area contributed by atoms with Crippen LogP contribution in [0.3, 0.4) is 0 Å². The van der Waals surface area contributed by atoms with E-state index in [0.29, 0.717) is 12.3 Å². The van der Waals surface area contributed by atoms with Crippen LogP contribution in [0.25, 0.3) is 0 Å². The Morgan fingerprint density at radius 1 is 0.912 bits per heavy atom. The highest BCUT2D eigenvalue weighted by molar-refractivity contribution is 5.95. The summed E-state index contributed by atoms with van der Waals surface area (Å²) in [6, 6.07) is 0. The highest BCUT2D eigenvalue weighted by Crippen LogP contribution is 2.75. The molecule has 0 aliphatic heterocycles. The Labute approximate surface area is 206 Å². The van der Waals surface area contributed by atoms with Gasteiger partial charge in [0.25, 0.3) is 0 Å². The maximum atomic E-state index is 14.2. The van der Waals surface area contributed by atoms with Gasteiger partial charge in [-0.3, -0.25) is 9.59 Å². The van der Waals surface area contributed by atoms with Gasteiger partial charge in [-0.2, -0.15) is 0 Å². The first-order valence-corrected chi connectivity index (χ1v) is 13.7. The molecule has 0 amide bonds. The molecule has 4 fully saturated rings. The lowest BCUT2D eigenvalue weighted by molar-refractivity contribution is -0.202. The van der Waals surface area contributed by atoms with Gasteiger partial charge in [-0.05, 0) is 110 Å². The highest BCUT2D eigenvalue weighted by atomic mass is 16.4. The fourth-order valence-corrected chi connectivity index (χ4v) is 10.4. The standard InChI is InChI=1S/C30H46O4/c1-25(2)21-8-11-30(7)23(28(21,5)10-9-22(25)32)20(31)16-18-19-17-27(4,24(33)34)13-12-26(19,3)14-15-29(18,30)6/h16,19,21-23,32H,8-15,17H2,1-7H3,(H,33,34)/t19?,21?,22?,23?,26?,27-,28?,29+,30?/m0/s1. The number of allylic oxidation sites excluding steroid dienone is 2. The largest absolute Gasteiger partial charge is 0.481 e. The van der Waals surface area contributed by atoms with Crippen LogP contribution in [-0.2, 0) is 9.59 Å². The molecule has 2 N–H and O–H groups in total. The van der Waals surface area contributed by atoms with Crippen LogP contribution in [0, 0.1) is 50.2 Å². The summed E-state index contributed by atoms with van der Waals surface area (Å²) < 4.78 is 0. The van der Waals surface area contributed by atoms with Gasteiger partial charge in [-0.25, -0.2) is 0 Å². The van der Waals surface area contributed by atoms with Crippen LogP contribution in [0.15, 0.2) is 11.6 Å². The number of fused-ring (bicyclic) bond motifs is 7. The summed E-state index contributed by atoms with van der Waals surface area (Å²) in [7, 11) is 0. The number of carboxylic acids is 1. The number of hydrogen-bond donors (Lipinski definition) is 2. The average molecular weight is 471 g/mol. The molecule has 0 aromatic carbocycles. The maximum absolute atomic E-state index is 14.2. The van der Waals surface area contributed by atoms with Gasteiger partial charge in [0.15, 0.2) is 5.78 Å². The summed E-state index contributed by atoms with van der Waals surface area (Å²) in [4.78, 5) is 26.4. The highest BCUT2D eigenvalue weighted by Gasteiger charge is 2.70. The van der Waals surface area contributed by atoms with E-state index in [1.165, 1.54) is 5.57 Å². The molecular formula is C30H46O4. The molecule has 0 spiro atoms. The minimum absolute atomic E-state index is 0.0296. The van der Waals surface area contributed by atoms with Crippen molar-refractivity contribution in [3.63, 3.8) is 0 Å². The van der Waals surface area contributed by atoms with E-state index in [0.717, 1.165) is 51.4 Å². The first-order valence-electron chi connectivity index (χ1n) is 13.7. The van der Waals surface area contributed by atoms with Crippen LogP contribution in [0.4, 0.5) is 0 Å². The molecule has 34 heavy (non-hydrogen) atoms. The van der Waals surface area contributed by atoms with Gasteiger partial charge < -0.3 is 10.2 Å². The van der Waals surface area contributed by atoms with Crippen LogP contribution in [0.1, 0.15) is 106 Å². The van der Waals surface area contributed by atoms with E-state index in [9.17, 15) is 19.8 Å². The number of carbonyl (C=O) groups excluding carboxylic acids is 1. The fourth-order valence-electron chi connectivity index (χ4n) is 10.4. The summed E-state index contributed by atoms with van der Waals surface area (Å²) in [6.45, 7) is 15.8. The Morgan fingerprint density at radius 3 is 2.21 bits per heavy atom. The van der Waals surface area contributed by atoms with Gasteiger partial charge in [0.05, 0.1) is 11.5 Å². The second-order valence-electron chi connectivity index (χ2n) is 14.9. The monoisotopic (exact) mass is 470 g/mol. The van der Waals surface area contributed by atoms with E-state index in [1.807, 2.05) is 13.0 Å². The van der Waals surface area contributed by atoms with Crippen molar-refractivity contribution in [2.75, 3.05) is 0 Å². The summed E-state index contributed by atoms with van der Waals surface area (Å²) in [6.07, 6.45) is 9.95. The Bertz CT molecular complexity index is 965. The van der Waals surface area contributed by atoms with Gasteiger partial charge in [0.2, 0.25) is 0 Å². The molecule has 0 bridgehead atoms. The van der Waals surface area contributed by atoms with E-state index in [2.05, 4.69) is 41.5 Å². The van der Waals surface area contributed by atoms with Crippen molar-refractivity contribution in [1.29, 1.82) is 0 Å². The maximum Gasteiger partial charge on any atom is 0.309 e. The van der Waals surface area contributed by atoms with Crippen molar-refractivity contribution in [1.82, 2.24) is 0 Å². The zero-order valence-corrected chi connectivity index (χ0v) is 22.5. The van der Waals surface area contributed by atoms with E-state index < -0.39 is 11.4 Å². The molecule has 9 atom stereocenters. The summed E-state index contributed by atoms with van der Waals surface area (Å²) in [5, 5.41) is 20.9. The molecule has 5 aliphatic carbocycles. The number of carbonyl (C=O) groups is 2. The minimum atomic E-state index is -0.711. The van der Waals surface area contributed by atoms with E-state index in [-0.39, 0.29) is 50.8 Å². The van der Waals surface area contributed by atoms with Gasteiger partial charge in [0, 0.05) is 5.92 Å². The quantitative estimate of drug-likeness (QED) is 0.464. The molecule has 0 radical (unpaired) electrons. The minimum Gasteiger partial charge on any atom is -0.481 e. The lowest BCUT2D eigenvalue weighted by Crippen LogP contribution is -2.66. The second-order valence-corrected chi connectivity index (χ2v) is 14.9. The molecule has 5 rings (SSSR count). The lowest BCUT2D eigenvalue weighted by atomic mass is 9.33. The molecule has 7 unspecified atom stereocenters. The van der Waals surface area contributed by atoms with Gasteiger partial charge in [-0.1, -0.05) is 47.1 Å². The summed E-state index contributed by atoms with van der Waals surface area (Å²) in [5.41, 5.74) is 0.142. The number of ketones is 1. The number of hydrogen-bond acceptors (Lipinski definition) is 3. The van der Waals surface area contributed by atoms with Gasteiger partial charge in [0.1, 0.15) is 0 Å². The Morgan fingerprint density at radius 2 is 1.56 bits per heavy atom. The number of aliphatic hydroxyl groups is 1. The number of aliphatic hydroxyl groups excluding tert-OH is 1. The SMILES string of the molecule is CC12CC[C@](C)(C(=O)O)CC1C1=CC(=O)C3C4(C)CCC(O)C(C)(C)C4CCC3(C)[C@]1(C)CC2. The molecule has 0 aromatic heterocycles. The molecule has 4 heteroatoms.